The number of primary amides is 1. The second-order valence-electron chi connectivity index (χ2n) is 3.14. The van der Waals surface area contributed by atoms with Crippen molar-refractivity contribution in [1.82, 2.24) is 5.32 Å². The smallest absolute Gasteiger partial charge is 0.321 e. The van der Waals surface area contributed by atoms with Crippen molar-refractivity contribution in [2.45, 2.75) is 19.8 Å². The molecule has 1 heterocycles. The zero-order valence-electron chi connectivity index (χ0n) is 7.83. The summed E-state index contributed by atoms with van der Waals surface area (Å²) in [4.78, 5) is 33.3. The number of nitrogens with one attached hydrogen (secondary N) is 1. The van der Waals surface area contributed by atoms with Crippen molar-refractivity contribution in [1.29, 1.82) is 0 Å². The highest BCUT2D eigenvalue weighted by atomic mass is 16.5. The minimum atomic E-state index is -1.23. The van der Waals surface area contributed by atoms with Crippen LogP contribution in [0.1, 0.15) is 19.8 Å². The molecule has 0 radical (unpaired) electrons. The van der Waals surface area contributed by atoms with Crippen LogP contribution in [0.25, 0.3) is 0 Å². The van der Waals surface area contributed by atoms with Gasteiger partial charge >= 0.3 is 12.0 Å². The zero-order valence-corrected chi connectivity index (χ0v) is 7.83. The summed E-state index contributed by atoms with van der Waals surface area (Å²) < 4.78 is 4.71. The van der Waals surface area contributed by atoms with Crippen LogP contribution in [0.15, 0.2) is 0 Å². The number of cyclic esters (lactones) is 1. The number of amides is 3. The van der Waals surface area contributed by atoms with Gasteiger partial charge in [-0.2, -0.15) is 0 Å². The minimum absolute atomic E-state index is 0.207. The van der Waals surface area contributed by atoms with Gasteiger partial charge in [0.15, 0.2) is 0 Å². The van der Waals surface area contributed by atoms with Crippen LogP contribution in [0, 0.1) is 5.41 Å². The lowest BCUT2D eigenvalue weighted by molar-refractivity contribution is -0.151. The number of imide groups is 1. The molecule has 1 atom stereocenters. The van der Waals surface area contributed by atoms with Crippen molar-refractivity contribution in [2.75, 3.05) is 6.61 Å². The van der Waals surface area contributed by atoms with Gasteiger partial charge in [0.05, 0.1) is 6.61 Å². The summed E-state index contributed by atoms with van der Waals surface area (Å²) in [5, 5.41) is 1.91. The van der Waals surface area contributed by atoms with Crippen molar-refractivity contribution in [2.24, 2.45) is 11.1 Å². The summed E-state index contributed by atoms with van der Waals surface area (Å²) >= 11 is 0. The number of ether oxygens (including phenoxy) is 1. The summed E-state index contributed by atoms with van der Waals surface area (Å²) in [6.45, 7) is 1.89. The molecule has 6 heteroatoms. The maximum Gasteiger partial charge on any atom is 0.321 e. The first kappa shape index (κ1) is 10.5. The number of carbonyl (C=O) groups excluding carboxylic acids is 3. The molecule has 1 aliphatic heterocycles. The summed E-state index contributed by atoms with van der Waals surface area (Å²) in [6, 6.07) is -0.956. The summed E-state index contributed by atoms with van der Waals surface area (Å²) in [5.41, 5.74) is 3.57. The molecule has 6 nitrogen and oxygen atoms in total. The largest absolute Gasteiger partial charge is 0.465 e. The van der Waals surface area contributed by atoms with Crippen molar-refractivity contribution < 1.29 is 19.1 Å². The van der Waals surface area contributed by atoms with Crippen molar-refractivity contribution in [3.8, 4) is 0 Å². The SMILES string of the molecule is CCC1(C(=O)NC(N)=O)CCOC1=O. The minimum Gasteiger partial charge on any atom is -0.465 e. The van der Waals surface area contributed by atoms with Gasteiger partial charge in [-0.15, -0.1) is 0 Å². The van der Waals surface area contributed by atoms with Crippen LogP contribution in [-0.4, -0.2) is 24.5 Å². The Labute approximate surface area is 80.8 Å². The first-order chi connectivity index (χ1) is 6.53. The Morgan fingerprint density at radius 3 is 2.64 bits per heavy atom. The van der Waals surface area contributed by atoms with Crippen LogP contribution >= 0.6 is 0 Å². The predicted octanol–water partition coefficient (Wildman–Crippen LogP) is -0.475. The third kappa shape index (κ3) is 1.55. The van der Waals surface area contributed by atoms with E-state index in [1.807, 2.05) is 5.32 Å². The lowest BCUT2D eigenvalue weighted by atomic mass is 9.83. The van der Waals surface area contributed by atoms with Gasteiger partial charge in [-0.1, -0.05) is 6.92 Å². The number of hydrogen-bond acceptors (Lipinski definition) is 4. The average molecular weight is 200 g/mol. The Morgan fingerprint density at radius 1 is 1.64 bits per heavy atom. The first-order valence-corrected chi connectivity index (χ1v) is 4.31. The molecular formula is C8H12N2O4. The molecule has 0 aromatic rings. The van der Waals surface area contributed by atoms with Gasteiger partial charge in [-0.3, -0.25) is 14.9 Å². The van der Waals surface area contributed by atoms with Gasteiger partial charge < -0.3 is 10.5 Å². The molecule has 0 aromatic carbocycles. The molecule has 0 saturated carbocycles. The van der Waals surface area contributed by atoms with Crippen LogP contribution in [0.4, 0.5) is 4.79 Å². The maximum absolute atomic E-state index is 11.5. The van der Waals surface area contributed by atoms with E-state index in [2.05, 4.69) is 0 Å². The zero-order chi connectivity index (χ0) is 10.8. The van der Waals surface area contributed by atoms with Crippen molar-refractivity contribution in [3.63, 3.8) is 0 Å². The molecule has 0 spiro atoms. The monoisotopic (exact) mass is 200 g/mol. The number of hydrogen-bond donors (Lipinski definition) is 2. The molecule has 1 unspecified atom stereocenters. The highest BCUT2D eigenvalue weighted by Gasteiger charge is 2.49. The van der Waals surface area contributed by atoms with Crippen LogP contribution in [-0.2, 0) is 14.3 Å². The molecule has 78 valence electrons. The van der Waals surface area contributed by atoms with E-state index in [0.717, 1.165) is 0 Å². The van der Waals surface area contributed by atoms with Gasteiger partial charge in [-0.05, 0) is 6.42 Å². The second-order valence-corrected chi connectivity index (χ2v) is 3.14. The van der Waals surface area contributed by atoms with Gasteiger partial charge in [0.1, 0.15) is 5.41 Å². The molecule has 1 rings (SSSR count). The van der Waals surface area contributed by atoms with E-state index in [4.69, 9.17) is 10.5 Å². The molecular weight excluding hydrogens is 188 g/mol. The lowest BCUT2D eigenvalue weighted by Gasteiger charge is -2.20. The first-order valence-electron chi connectivity index (χ1n) is 4.31. The van der Waals surface area contributed by atoms with E-state index in [0.29, 0.717) is 12.8 Å². The maximum atomic E-state index is 11.5. The Hall–Kier alpha value is -1.59. The molecule has 0 bridgehead atoms. The summed E-state index contributed by atoms with van der Waals surface area (Å²) in [6.07, 6.45) is 0.590. The van der Waals surface area contributed by atoms with Crippen LogP contribution in [0.2, 0.25) is 0 Å². The van der Waals surface area contributed by atoms with Crippen LogP contribution in [0.3, 0.4) is 0 Å². The van der Waals surface area contributed by atoms with E-state index in [1.54, 1.807) is 6.92 Å². The number of urea groups is 1. The lowest BCUT2D eigenvalue weighted by Crippen LogP contribution is -2.47. The quantitative estimate of drug-likeness (QED) is 0.464. The average Bonchev–Trinajstić information content (AvgIpc) is 2.46. The Balaban J connectivity index is 2.84. The highest BCUT2D eigenvalue weighted by molar-refractivity contribution is 6.08. The fourth-order valence-corrected chi connectivity index (χ4v) is 1.48. The molecule has 1 aliphatic rings. The normalized spacial score (nSPS) is 25.6. The number of rotatable bonds is 2. The molecule has 3 N–H and O–H groups in total. The topological polar surface area (TPSA) is 98.5 Å². The fourth-order valence-electron chi connectivity index (χ4n) is 1.48. The van der Waals surface area contributed by atoms with E-state index in [1.165, 1.54) is 0 Å². The van der Waals surface area contributed by atoms with E-state index in [-0.39, 0.29) is 6.61 Å². The van der Waals surface area contributed by atoms with E-state index in [9.17, 15) is 14.4 Å². The fraction of sp³-hybridized carbons (Fsp3) is 0.625. The Bertz CT molecular complexity index is 289. The standard InChI is InChI=1S/C8H12N2O4/c1-2-8(3-4-14-6(8)12)5(11)10-7(9)13/h2-4H2,1H3,(H3,9,10,11,13). The van der Waals surface area contributed by atoms with Gasteiger partial charge in [0, 0.05) is 6.42 Å². The molecule has 0 aromatic heterocycles. The molecule has 1 saturated heterocycles. The van der Waals surface area contributed by atoms with Crippen LogP contribution < -0.4 is 11.1 Å². The third-order valence-corrected chi connectivity index (χ3v) is 2.43. The number of carbonyl (C=O) groups is 3. The second kappa shape index (κ2) is 3.65. The van der Waals surface area contributed by atoms with Gasteiger partial charge in [0.25, 0.3) is 0 Å². The van der Waals surface area contributed by atoms with Crippen LogP contribution in [0.5, 0.6) is 0 Å². The molecule has 0 aliphatic carbocycles. The van der Waals surface area contributed by atoms with E-state index < -0.39 is 23.3 Å². The predicted molar refractivity (Wildman–Crippen MR) is 46.0 cm³/mol. The Morgan fingerprint density at radius 2 is 2.29 bits per heavy atom. The van der Waals surface area contributed by atoms with Gasteiger partial charge in [-0.25, -0.2) is 4.79 Å². The van der Waals surface area contributed by atoms with E-state index >= 15 is 0 Å². The third-order valence-electron chi connectivity index (χ3n) is 2.43. The molecule has 1 fully saturated rings. The molecule has 3 amide bonds. The van der Waals surface area contributed by atoms with Crippen molar-refractivity contribution >= 4 is 17.9 Å². The van der Waals surface area contributed by atoms with Gasteiger partial charge in [0.2, 0.25) is 5.91 Å². The Kier molecular flexibility index (Phi) is 2.73. The highest BCUT2D eigenvalue weighted by Crippen LogP contribution is 2.33. The number of nitrogens with two attached hydrogens (primary N) is 1. The van der Waals surface area contributed by atoms with Crippen molar-refractivity contribution in [3.05, 3.63) is 0 Å². The summed E-state index contributed by atoms with van der Waals surface area (Å²) in [7, 11) is 0. The summed E-state index contributed by atoms with van der Waals surface area (Å²) in [5.74, 6) is -1.26. The number of esters is 1. The molecule has 14 heavy (non-hydrogen) atoms.